The second-order valence-electron chi connectivity index (χ2n) is 16.1. The highest BCUT2D eigenvalue weighted by molar-refractivity contribution is 6.00. The van der Waals surface area contributed by atoms with Gasteiger partial charge < -0.3 is 35.1 Å². The molecule has 0 spiro atoms. The quantitative estimate of drug-likeness (QED) is 0.141. The van der Waals surface area contributed by atoms with E-state index in [1.54, 1.807) is 101 Å². The lowest BCUT2D eigenvalue weighted by atomic mass is 9.93. The minimum absolute atomic E-state index is 0.0447. The molecule has 5 aromatic rings. The molecule has 3 heterocycles. The minimum atomic E-state index is -1.75. The van der Waals surface area contributed by atoms with Gasteiger partial charge in [0.25, 0.3) is 11.8 Å². The van der Waals surface area contributed by atoms with E-state index in [4.69, 9.17) is 4.42 Å². The van der Waals surface area contributed by atoms with Crippen LogP contribution in [0.15, 0.2) is 120 Å². The van der Waals surface area contributed by atoms with Gasteiger partial charge in [0.15, 0.2) is 17.0 Å². The Kier molecular flexibility index (Phi) is 8.86. The van der Waals surface area contributed by atoms with Crippen LogP contribution in [0.5, 0.6) is 0 Å². The molecule has 0 unspecified atom stereocenters. The first-order valence-corrected chi connectivity index (χ1v) is 19.4. The molecule has 12 nitrogen and oxygen atoms in total. The molecule has 4 aliphatic rings. The molecule has 8 atom stereocenters. The summed E-state index contributed by atoms with van der Waals surface area (Å²) >= 11 is 0. The highest BCUT2D eigenvalue weighted by Crippen LogP contribution is 2.50. The second-order valence-corrected chi connectivity index (χ2v) is 16.1. The molecule has 9 rings (SSSR count). The van der Waals surface area contributed by atoms with Crippen LogP contribution in [0.25, 0.3) is 22.8 Å². The average molecular weight is 766 g/mol. The van der Waals surface area contributed by atoms with Crippen molar-refractivity contribution in [1.82, 2.24) is 14.8 Å². The number of carbonyl (C=O) groups excluding carboxylic acids is 4. The van der Waals surface area contributed by atoms with Crippen LogP contribution in [0.3, 0.4) is 0 Å². The van der Waals surface area contributed by atoms with Crippen molar-refractivity contribution in [2.45, 2.75) is 74.9 Å². The van der Waals surface area contributed by atoms with Gasteiger partial charge in [-0.3, -0.25) is 19.2 Å². The molecule has 2 aliphatic carbocycles. The third-order valence-corrected chi connectivity index (χ3v) is 12.1. The van der Waals surface area contributed by atoms with Crippen LogP contribution in [-0.2, 0) is 30.4 Å². The first kappa shape index (κ1) is 36.5. The van der Waals surface area contributed by atoms with Crippen LogP contribution in [0.2, 0.25) is 0 Å². The Morgan fingerprint density at radius 3 is 1.47 bits per heavy atom. The van der Waals surface area contributed by atoms with Crippen LogP contribution >= 0.6 is 0 Å². The van der Waals surface area contributed by atoms with E-state index in [0.29, 0.717) is 52.6 Å². The minimum Gasteiger partial charge on any atom is -0.436 e. The topological polar surface area (TPSA) is 165 Å². The van der Waals surface area contributed by atoms with Crippen LogP contribution in [0.1, 0.15) is 50.7 Å². The predicted molar refractivity (Wildman–Crippen MR) is 211 cm³/mol. The summed E-state index contributed by atoms with van der Waals surface area (Å²) in [4.78, 5) is 61.9. The van der Waals surface area contributed by atoms with Crippen molar-refractivity contribution in [3.05, 3.63) is 127 Å². The summed E-state index contributed by atoms with van der Waals surface area (Å²) in [5.74, 6) is -0.122. The number of likely N-dealkylation sites (tertiary alicyclic amines) is 2. The number of hydrogen-bond acceptors (Lipinski definition) is 8. The Hall–Kier alpha value is -6.11. The van der Waals surface area contributed by atoms with E-state index >= 15 is 0 Å². The van der Waals surface area contributed by atoms with E-state index in [1.807, 2.05) is 24.3 Å². The maximum atomic E-state index is 13.6. The molecule has 2 saturated heterocycles. The van der Waals surface area contributed by atoms with Crippen molar-refractivity contribution in [2.24, 2.45) is 11.8 Å². The molecule has 4 aromatic carbocycles. The van der Waals surface area contributed by atoms with E-state index in [2.05, 4.69) is 15.6 Å². The maximum Gasteiger partial charge on any atom is 0.259 e. The van der Waals surface area contributed by atoms with E-state index in [-0.39, 0.29) is 35.7 Å². The molecule has 4 amide bonds. The van der Waals surface area contributed by atoms with Crippen molar-refractivity contribution < 1.29 is 33.8 Å². The van der Waals surface area contributed by atoms with E-state index < -0.39 is 35.1 Å². The van der Waals surface area contributed by atoms with Crippen LogP contribution in [-0.4, -0.2) is 72.8 Å². The van der Waals surface area contributed by atoms with Crippen LogP contribution in [0.4, 0.5) is 11.4 Å². The summed E-state index contributed by atoms with van der Waals surface area (Å²) in [6.07, 6.45) is 4.39. The zero-order chi connectivity index (χ0) is 39.6. The zero-order valence-corrected chi connectivity index (χ0v) is 31.5. The maximum absolute atomic E-state index is 13.6. The number of oxazole rings is 1. The fraction of sp³-hybridized carbons (Fsp3) is 0.311. The normalized spacial score (nSPS) is 25.1. The number of benzene rings is 4. The molecule has 0 bridgehead atoms. The van der Waals surface area contributed by atoms with Crippen molar-refractivity contribution in [1.29, 1.82) is 0 Å². The van der Waals surface area contributed by atoms with Gasteiger partial charge in [-0.2, -0.15) is 0 Å². The molecule has 4 N–H and O–H groups in total. The van der Waals surface area contributed by atoms with Crippen molar-refractivity contribution in [3.63, 3.8) is 0 Å². The Bertz CT molecular complexity index is 2180. The van der Waals surface area contributed by atoms with E-state index in [9.17, 15) is 29.4 Å². The number of hydrogen-bond donors (Lipinski definition) is 4. The highest BCUT2D eigenvalue weighted by Gasteiger charge is 2.59. The molecule has 4 fully saturated rings. The SMILES string of the molecule is C[C@](O)(C(=O)N1[C@H](C(=O)Nc2ccc(-c3cnc(-c4ccc(NC(=O)[C@@H]5C[C@@H]6C[C@@H]6N5C(=O)[C@](C)(O)c5ccccc5)cc4)o3)cc2)C[C@@H]2C[C@@H]21)c1ccccc1. The number of nitrogens with zero attached hydrogens (tertiary/aromatic N) is 3. The average Bonchev–Trinajstić information content (AvgIpc) is 4.00. The van der Waals surface area contributed by atoms with Gasteiger partial charge in [-0.05, 0) is 111 Å². The fourth-order valence-corrected chi connectivity index (χ4v) is 8.65. The molecular formula is C45H43N5O7. The molecule has 12 heteroatoms. The summed E-state index contributed by atoms with van der Waals surface area (Å²) < 4.78 is 6.09. The van der Waals surface area contributed by atoms with Gasteiger partial charge in [0.2, 0.25) is 17.7 Å². The molecule has 2 saturated carbocycles. The Labute approximate surface area is 329 Å². The lowest BCUT2D eigenvalue weighted by molar-refractivity contribution is -0.155. The van der Waals surface area contributed by atoms with Gasteiger partial charge in [0.1, 0.15) is 12.1 Å². The number of carbonyl (C=O) groups is 4. The van der Waals surface area contributed by atoms with Gasteiger partial charge >= 0.3 is 0 Å². The molecule has 57 heavy (non-hydrogen) atoms. The molecular weight excluding hydrogens is 723 g/mol. The number of fused-ring (bicyclic) bond motifs is 2. The lowest BCUT2D eigenvalue weighted by Gasteiger charge is -2.33. The number of aliphatic hydroxyl groups is 2. The third-order valence-electron chi connectivity index (χ3n) is 12.1. The monoisotopic (exact) mass is 765 g/mol. The second kappa shape index (κ2) is 13.8. The molecule has 2 aliphatic heterocycles. The smallest absolute Gasteiger partial charge is 0.259 e. The number of nitrogens with one attached hydrogen (secondary N) is 2. The number of anilines is 2. The number of rotatable bonds is 10. The lowest BCUT2D eigenvalue weighted by Crippen LogP contribution is -2.52. The third kappa shape index (κ3) is 6.68. The fourth-order valence-electron chi connectivity index (χ4n) is 8.65. The van der Waals surface area contributed by atoms with Crippen LogP contribution < -0.4 is 10.6 Å². The Morgan fingerprint density at radius 2 is 1.04 bits per heavy atom. The first-order chi connectivity index (χ1) is 27.4. The van der Waals surface area contributed by atoms with Crippen molar-refractivity contribution in [3.8, 4) is 22.8 Å². The van der Waals surface area contributed by atoms with Gasteiger partial charge in [0.05, 0.1) is 6.20 Å². The highest BCUT2D eigenvalue weighted by atomic mass is 16.4. The van der Waals surface area contributed by atoms with Gasteiger partial charge in [0, 0.05) is 34.6 Å². The largest absolute Gasteiger partial charge is 0.436 e. The zero-order valence-electron chi connectivity index (χ0n) is 31.5. The number of aromatic nitrogens is 1. The number of piperidine rings is 2. The van der Waals surface area contributed by atoms with Gasteiger partial charge in [-0.25, -0.2) is 4.98 Å². The summed E-state index contributed by atoms with van der Waals surface area (Å²) in [5.41, 5.74) is 0.0286. The van der Waals surface area contributed by atoms with Crippen molar-refractivity contribution >= 4 is 35.0 Å². The van der Waals surface area contributed by atoms with E-state index in [1.165, 1.54) is 13.8 Å². The summed E-state index contributed by atoms with van der Waals surface area (Å²) in [5, 5.41) is 28.4. The molecule has 290 valence electrons. The van der Waals surface area contributed by atoms with E-state index in [0.717, 1.165) is 18.4 Å². The Morgan fingerprint density at radius 1 is 0.614 bits per heavy atom. The van der Waals surface area contributed by atoms with Crippen molar-refractivity contribution in [2.75, 3.05) is 10.6 Å². The standard InChI is InChI=1S/C45H43N5O7/c1-44(55,30-9-5-3-6-10-30)42(53)49-34-21-28(34)23-36(49)39(51)47-32-17-13-26(14-18-32)38-25-46-41(57-38)27-15-19-33(20-16-27)48-40(52)37-24-29-22-35(29)50(37)43(54)45(2,56)31-11-7-4-8-12-31/h3-20,25,28-29,34-37,55-56H,21-24H2,1-2H3,(H,47,51)(H,48,52)/t28-,29-,34-,35-,36-,37-,44+,45+/m0/s1. The van der Waals surface area contributed by atoms with Crippen LogP contribution in [0, 0.1) is 11.8 Å². The summed E-state index contributed by atoms with van der Waals surface area (Å²) in [7, 11) is 0. The molecule has 1 aromatic heterocycles. The number of amides is 4. The van der Waals surface area contributed by atoms with Gasteiger partial charge in [-0.1, -0.05) is 60.7 Å². The first-order valence-electron chi connectivity index (χ1n) is 19.4. The summed E-state index contributed by atoms with van der Waals surface area (Å²) in [6.45, 7) is 2.97. The molecule has 0 radical (unpaired) electrons. The Balaban J connectivity index is 0.819. The van der Waals surface area contributed by atoms with Gasteiger partial charge in [-0.15, -0.1) is 0 Å². The predicted octanol–water partition coefficient (Wildman–Crippen LogP) is 5.68. The summed E-state index contributed by atoms with van der Waals surface area (Å²) in [6, 6.07) is 30.4.